The molecule has 74 valence electrons. The van der Waals surface area contributed by atoms with E-state index in [4.69, 9.17) is 11.0 Å². The molecule has 0 aliphatic rings. The second-order valence-corrected chi connectivity index (χ2v) is 2.60. The van der Waals surface area contributed by atoms with Crippen molar-refractivity contribution in [2.24, 2.45) is 5.73 Å². The summed E-state index contributed by atoms with van der Waals surface area (Å²) in [4.78, 5) is 14.2. The first-order chi connectivity index (χ1) is 6.63. The van der Waals surface area contributed by atoms with Gasteiger partial charge in [-0.25, -0.2) is 0 Å². The van der Waals surface area contributed by atoms with Gasteiger partial charge in [-0.05, 0) is 0 Å². The van der Waals surface area contributed by atoms with Gasteiger partial charge in [0.1, 0.15) is 0 Å². The predicted octanol–water partition coefficient (Wildman–Crippen LogP) is -1.01. The number of aromatic nitrogens is 2. The van der Waals surface area contributed by atoms with Crippen LogP contribution in [0, 0.1) is 11.3 Å². The van der Waals surface area contributed by atoms with Crippen molar-refractivity contribution in [3.63, 3.8) is 0 Å². The summed E-state index contributed by atoms with van der Waals surface area (Å²) in [5.74, 6) is -0.944. The summed E-state index contributed by atoms with van der Waals surface area (Å²) < 4.78 is 4.61. The first-order valence-electron chi connectivity index (χ1n) is 3.81. The van der Waals surface area contributed by atoms with Crippen molar-refractivity contribution in [1.29, 1.82) is 5.26 Å². The number of nitriles is 1. The minimum atomic E-state index is -0.874. The van der Waals surface area contributed by atoms with Crippen LogP contribution in [0.25, 0.3) is 0 Å². The van der Waals surface area contributed by atoms with Gasteiger partial charge in [0.2, 0.25) is 5.89 Å². The molecule has 0 radical (unpaired) electrons. The summed E-state index contributed by atoms with van der Waals surface area (Å²) >= 11 is 0. The lowest BCUT2D eigenvalue weighted by Gasteiger charge is -1.99. The number of aliphatic hydroxyl groups is 1. The van der Waals surface area contributed by atoms with Crippen molar-refractivity contribution in [2.75, 3.05) is 0 Å². The number of aliphatic hydroxyl groups excluding tert-OH is 1. The van der Waals surface area contributed by atoms with Crippen molar-refractivity contribution in [3.05, 3.63) is 11.7 Å². The average Bonchev–Trinajstić information content (AvgIpc) is 2.53. The zero-order valence-corrected chi connectivity index (χ0v) is 7.17. The summed E-state index contributed by atoms with van der Waals surface area (Å²) in [5, 5.41) is 20.7. The number of primary amides is 1. The number of hydrogen-bond acceptors (Lipinski definition) is 6. The Labute approximate surface area is 79.1 Å². The Hall–Kier alpha value is -1.94. The van der Waals surface area contributed by atoms with Crippen molar-refractivity contribution in [1.82, 2.24) is 10.1 Å². The molecule has 0 aliphatic carbocycles. The maximum atomic E-state index is 10.5. The average molecular weight is 196 g/mol. The predicted molar refractivity (Wildman–Crippen MR) is 42.8 cm³/mol. The van der Waals surface area contributed by atoms with Gasteiger partial charge in [-0.1, -0.05) is 5.16 Å². The summed E-state index contributed by atoms with van der Waals surface area (Å²) in [5.41, 5.74) is 4.88. The molecule has 7 heteroatoms. The Bertz CT molecular complexity index is 367. The standard InChI is InChI=1S/C7H8N4O3/c8-2-1-4(12)3-5-10-7(6(9)13)11-14-5/h4,12H,1,3H2,(H2,9,13). The highest BCUT2D eigenvalue weighted by atomic mass is 16.5. The molecule has 0 saturated carbocycles. The first kappa shape index (κ1) is 10.1. The third kappa shape index (κ3) is 2.53. The Morgan fingerprint density at radius 1 is 1.79 bits per heavy atom. The van der Waals surface area contributed by atoms with Gasteiger partial charge >= 0.3 is 0 Å². The van der Waals surface area contributed by atoms with Crippen molar-refractivity contribution in [2.45, 2.75) is 18.9 Å². The fourth-order valence-electron chi connectivity index (χ4n) is 0.817. The Kier molecular flexibility index (Phi) is 3.14. The number of amides is 1. The molecule has 0 aliphatic heterocycles. The van der Waals surface area contributed by atoms with E-state index in [0.29, 0.717) is 0 Å². The molecule has 3 N–H and O–H groups in total. The molecule has 7 nitrogen and oxygen atoms in total. The molecule has 1 atom stereocenters. The molecular formula is C7H8N4O3. The van der Waals surface area contributed by atoms with Gasteiger partial charge < -0.3 is 15.4 Å². The molecular weight excluding hydrogens is 188 g/mol. The van der Waals surface area contributed by atoms with Crippen LogP contribution in [0.2, 0.25) is 0 Å². The molecule has 0 fully saturated rings. The highest BCUT2D eigenvalue weighted by Crippen LogP contribution is 2.03. The minimum Gasteiger partial charge on any atom is -0.392 e. The fourth-order valence-corrected chi connectivity index (χ4v) is 0.817. The zero-order chi connectivity index (χ0) is 10.6. The SMILES string of the molecule is N#CCC(O)Cc1nc(C(N)=O)no1. The topological polar surface area (TPSA) is 126 Å². The smallest absolute Gasteiger partial charge is 0.290 e. The molecule has 0 spiro atoms. The van der Waals surface area contributed by atoms with E-state index in [1.165, 1.54) is 0 Å². The van der Waals surface area contributed by atoms with Gasteiger partial charge in [0.05, 0.1) is 25.0 Å². The fraction of sp³-hybridized carbons (Fsp3) is 0.429. The Morgan fingerprint density at radius 2 is 2.50 bits per heavy atom. The number of carbonyl (C=O) groups is 1. The highest BCUT2D eigenvalue weighted by Gasteiger charge is 2.14. The molecule has 0 saturated heterocycles. The maximum Gasteiger partial charge on any atom is 0.290 e. The van der Waals surface area contributed by atoms with Crippen LogP contribution in [0.5, 0.6) is 0 Å². The molecule has 1 unspecified atom stereocenters. The third-order valence-corrected chi connectivity index (χ3v) is 1.43. The second-order valence-electron chi connectivity index (χ2n) is 2.60. The van der Waals surface area contributed by atoms with Crippen LogP contribution in [0.4, 0.5) is 0 Å². The van der Waals surface area contributed by atoms with Crippen molar-refractivity contribution < 1.29 is 14.4 Å². The largest absolute Gasteiger partial charge is 0.392 e. The Balaban J connectivity index is 2.60. The quantitative estimate of drug-likeness (QED) is 0.635. The van der Waals surface area contributed by atoms with Gasteiger partial charge in [0, 0.05) is 0 Å². The lowest BCUT2D eigenvalue weighted by atomic mass is 10.2. The summed E-state index contributed by atoms with van der Waals surface area (Å²) in [6.45, 7) is 0. The van der Waals surface area contributed by atoms with Gasteiger partial charge in [0.25, 0.3) is 11.7 Å². The van der Waals surface area contributed by atoms with E-state index in [2.05, 4.69) is 14.7 Å². The van der Waals surface area contributed by atoms with Crippen LogP contribution >= 0.6 is 0 Å². The summed E-state index contributed by atoms with van der Waals surface area (Å²) in [7, 11) is 0. The maximum absolute atomic E-state index is 10.5. The molecule has 1 heterocycles. The lowest BCUT2D eigenvalue weighted by Crippen LogP contribution is -2.13. The number of nitrogens with two attached hydrogens (primary N) is 1. The third-order valence-electron chi connectivity index (χ3n) is 1.43. The number of rotatable bonds is 4. The van der Waals surface area contributed by atoms with Gasteiger partial charge in [-0.3, -0.25) is 4.79 Å². The van der Waals surface area contributed by atoms with E-state index in [1.54, 1.807) is 6.07 Å². The molecule has 0 bridgehead atoms. The van der Waals surface area contributed by atoms with E-state index in [1.807, 2.05) is 0 Å². The molecule has 1 rings (SSSR count). The lowest BCUT2D eigenvalue weighted by molar-refractivity contribution is 0.0987. The van der Waals surface area contributed by atoms with Crippen LogP contribution in [0.15, 0.2) is 4.52 Å². The molecule has 1 aromatic heterocycles. The first-order valence-corrected chi connectivity index (χ1v) is 3.81. The van der Waals surface area contributed by atoms with Crippen molar-refractivity contribution in [3.8, 4) is 6.07 Å². The van der Waals surface area contributed by atoms with Crippen LogP contribution < -0.4 is 5.73 Å². The van der Waals surface area contributed by atoms with E-state index in [0.717, 1.165) is 0 Å². The van der Waals surface area contributed by atoms with Gasteiger partial charge in [0.15, 0.2) is 0 Å². The second kappa shape index (κ2) is 4.34. The molecule has 0 aromatic carbocycles. The van der Waals surface area contributed by atoms with Crippen LogP contribution in [0.1, 0.15) is 22.9 Å². The zero-order valence-electron chi connectivity index (χ0n) is 7.17. The summed E-state index contributed by atoms with van der Waals surface area (Å²) in [6, 6.07) is 1.79. The monoisotopic (exact) mass is 196 g/mol. The van der Waals surface area contributed by atoms with E-state index in [-0.39, 0.29) is 24.6 Å². The van der Waals surface area contributed by atoms with Gasteiger partial charge in [-0.2, -0.15) is 10.2 Å². The number of hydrogen-bond donors (Lipinski definition) is 2. The highest BCUT2D eigenvalue weighted by molar-refractivity contribution is 5.88. The molecule has 1 aromatic rings. The van der Waals surface area contributed by atoms with Crippen molar-refractivity contribution >= 4 is 5.91 Å². The van der Waals surface area contributed by atoms with Crippen LogP contribution in [0.3, 0.4) is 0 Å². The normalized spacial score (nSPS) is 12.0. The molecule has 14 heavy (non-hydrogen) atoms. The Morgan fingerprint density at radius 3 is 3.00 bits per heavy atom. The number of carbonyl (C=O) groups excluding carboxylic acids is 1. The van der Waals surface area contributed by atoms with E-state index >= 15 is 0 Å². The summed E-state index contributed by atoms with van der Waals surface area (Å²) in [6.07, 6.45) is -0.872. The van der Waals surface area contributed by atoms with Crippen LogP contribution in [-0.2, 0) is 6.42 Å². The van der Waals surface area contributed by atoms with E-state index in [9.17, 15) is 9.90 Å². The molecule has 1 amide bonds. The van der Waals surface area contributed by atoms with Crippen LogP contribution in [-0.4, -0.2) is 27.3 Å². The minimum absolute atomic E-state index is 0.0334. The van der Waals surface area contributed by atoms with Gasteiger partial charge in [-0.15, -0.1) is 0 Å². The van der Waals surface area contributed by atoms with E-state index < -0.39 is 12.0 Å². The number of nitrogens with zero attached hydrogens (tertiary/aromatic N) is 3.